The second-order valence-electron chi connectivity index (χ2n) is 1.97. The predicted molar refractivity (Wildman–Crippen MR) is 41.4 cm³/mol. The van der Waals surface area contributed by atoms with E-state index in [-0.39, 0.29) is 10.6 Å². The van der Waals surface area contributed by atoms with Gasteiger partial charge < -0.3 is 0 Å². The zero-order valence-electron chi connectivity index (χ0n) is 5.32. The number of hydrogen-bond donors (Lipinski definition) is 0. The zero-order chi connectivity index (χ0) is 8.43. The first kappa shape index (κ1) is 8.75. The third kappa shape index (κ3) is 2.04. The highest BCUT2D eigenvalue weighted by molar-refractivity contribution is 6.35. The quantitative estimate of drug-likeness (QED) is 0.639. The number of hydrogen-bond acceptors (Lipinski definition) is 0. The fourth-order valence-electron chi connectivity index (χ4n) is 0.678. The highest BCUT2D eigenvalue weighted by atomic mass is 35.5. The first-order valence-electron chi connectivity index (χ1n) is 2.84. The second-order valence-corrected chi connectivity index (χ2v) is 2.81. The molecule has 0 aliphatic heterocycles. The Morgan fingerprint density at radius 1 is 1.18 bits per heavy atom. The van der Waals surface area contributed by atoms with E-state index in [1.54, 1.807) is 0 Å². The van der Waals surface area contributed by atoms with Crippen molar-refractivity contribution in [2.45, 2.75) is 6.43 Å². The molecule has 1 rings (SSSR count). The van der Waals surface area contributed by atoms with Crippen LogP contribution in [0.3, 0.4) is 0 Å². The lowest BCUT2D eigenvalue weighted by molar-refractivity contribution is 0.151. The van der Waals surface area contributed by atoms with Gasteiger partial charge in [-0.05, 0) is 12.1 Å². The summed E-state index contributed by atoms with van der Waals surface area (Å²) in [6.07, 6.45) is -2.54. The summed E-state index contributed by atoms with van der Waals surface area (Å²) in [5.41, 5.74) is -0.184. The van der Waals surface area contributed by atoms with Gasteiger partial charge in [-0.1, -0.05) is 29.3 Å². The van der Waals surface area contributed by atoms with Gasteiger partial charge in [-0.3, -0.25) is 0 Å². The largest absolute Gasteiger partial charge is 0.265 e. The third-order valence-electron chi connectivity index (χ3n) is 1.20. The van der Waals surface area contributed by atoms with Crippen molar-refractivity contribution in [3.63, 3.8) is 0 Å². The van der Waals surface area contributed by atoms with Crippen molar-refractivity contribution in [3.05, 3.63) is 33.8 Å². The minimum absolute atomic E-state index is 0.00694. The van der Waals surface area contributed by atoms with Crippen LogP contribution in [0.25, 0.3) is 0 Å². The molecule has 0 aliphatic rings. The van der Waals surface area contributed by atoms with E-state index in [9.17, 15) is 8.78 Å². The lowest BCUT2D eigenvalue weighted by atomic mass is 10.2. The van der Waals surface area contributed by atoms with Gasteiger partial charge in [-0.2, -0.15) is 0 Å². The van der Waals surface area contributed by atoms with E-state index in [0.717, 1.165) is 0 Å². The van der Waals surface area contributed by atoms with Crippen LogP contribution >= 0.6 is 23.2 Å². The number of alkyl halides is 2. The van der Waals surface area contributed by atoms with Gasteiger partial charge in [0.15, 0.2) is 0 Å². The maximum atomic E-state index is 12.0. The van der Waals surface area contributed by atoms with Gasteiger partial charge in [0.05, 0.1) is 5.02 Å². The van der Waals surface area contributed by atoms with Crippen molar-refractivity contribution in [2.24, 2.45) is 0 Å². The van der Waals surface area contributed by atoms with Crippen LogP contribution in [0.2, 0.25) is 10.0 Å². The van der Waals surface area contributed by atoms with Crippen molar-refractivity contribution < 1.29 is 8.78 Å². The maximum Gasteiger partial charge on any atom is 0.265 e. The number of rotatable bonds is 1. The Morgan fingerprint density at radius 3 is 2.27 bits per heavy atom. The summed E-state index contributed by atoms with van der Waals surface area (Å²) < 4.78 is 24.1. The van der Waals surface area contributed by atoms with Crippen LogP contribution in [0.5, 0.6) is 0 Å². The summed E-state index contributed by atoms with van der Waals surface area (Å²) in [4.78, 5) is 0. The van der Waals surface area contributed by atoms with E-state index in [1.165, 1.54) is 18.2 Å². The van der Waals surface area contributed by atoms with Crippen molar-refractivity contribution in [1.82, 2.24) is 0 Å². The monoisotopic (exact) mass is 196 g/mol. The van der Waals surface area contributed by atoms with Crippen molar-refractivity contribution in [1.29, 1.82) is 0 Å². The van der Waals surface area contributed by atoms with E-state index in [0.29, 0.717) is 5.02 Å². The molecule has 1 aromatic carbocycles. The molecule has 0 amide bonds. The van der Waals surface area contributed by atoms with Gasteiger partial charge in [0, 0.05) is 10.6 Å². The van der Waals surface area contributed by atoms with E-state index in [2.05, 4.69) is 0 Å². The predicted octanol–water partition coefficient (Wildman–Crippen LogP) is 3.93. The van der Waals surface area contributed by atoms with Gasteiger partial charge in [0.1, 0.15) is 0 Å². The lowest BCUT2D eigenvalue weighted by Crippen LogP contribution is -1.84. The van der Waals surface area contributed by atoms with Crippen molar-refractivity contribution >= 4 is 23.2 Å². The zero-order valence-corrected chi connectivity index (χ0v) is 6.83. The molecule has 0 aliphatic carbocycles. The Hall–Kier alpha value is -0.340. The molecule has 1 aromatic rings. The smallest absolute Gasteiger partial charge is 0.205 e. The van der Waals surface area contributed by atoms with Crippen LogP contribution in [0.1, 0.15) is 12.0 Å². The maximum absolute atomic E-state index is 12.0. The molecule has 0 fully saturated rings. The molecule has 0 radical (unpaired) electrons. The van der Waals surface area contributed by atoms with Gasteiger partial charge >= 0.3 is 0 Å². The molecule has 0 nitrogen and oxygen atoms in total. The normalized spacial score (nSPS) is 10.6. The van der Waals surface area contributed by atoms with E-state index in [4.69, 9.17) is 23.2 Å². The van der Waals surface area contributed by atoms with Crippen LogP contribution < -0.4 is 0 Å². The molecule has 60 valence electrons. The molecule has 0 heterocycles. The SMILES string of the molecule is FC(F)c1ccc(Cl)cc1Cl. The van der Waals surface area contributed by atoms with Gasteiger partial charge in [-0.15, -0.1) is 0 Å². The third-order valence-corrected chi connectivity index (χ3v) is 1.76. The van der Waals surface area contributed by atoms with Crippen LogP contribution in [0.4, 0.5) is 8.78 Å². The number of benzene rings is 1. The molecule has 0 atom stereocenters. The molecule has 0 N–H and O–H groups in total. The van der Waals surface area contributed by atoms with Gasteiger partial charge in [0.2, 0.25) is 0 Å². The highest BCUT2D eigenvalue weighted by Gasteiger charge is 2.10. The molecule has 0 aromatic heterocycles. The Kier molecular flexibility index (Phi) is 2.68. The molecular formula is C7H4Cl2F2. The standard InChI is InChI=1S/C7H4Cl2F2/c8-4-1-2-5(7(10)11)6(9)3-4/h1-3,7H. The molecule has 0 bridgehead atoms. The number of halogens is 4. The average molecular weight is 197 g/mol. The molecule has 0 saturated heterocycles. The summed E-state index contributed by atoms with van der Waals surface area (Å²) in [6.45, 7) is 0. The lowest BCUT2D eigenvalue weighted by Gasteiger charge is -2.01. The minimum atomic E-state index is -2.54. The second kappa shape index (κ2) is 3.37. The first-order chi connectivity index (χ1) is 5.11. The van der Waals surface area contributed by atoms with E-state index < -0.39 is 6.43 Å². The summed E-state index contributed by atoms with van der Waals surface area (Å²) in [6, 6.07) is 3.90. The minimum Gasteiger partial charge on any atom is -0.205 e. The Morgan fingerprint density at radius 2 is 1.82 bits per heavy atom. The fraction of sp³-hybridized carbons (Fsp3) is 0.143. The topological polar surface area (TPSA) is 0 Å². The van der Waals surface area contributed by atoms with Gasteiger partial charge in [-0.25, -0.2) is 8.78 Å². The molecule has 0 unspecified atom stereocenters. The molecule has 0 spiro atoms. The summed E-state index contributed by atoms with van der Waals surface area (Å²) in [7, 11) is 0. The van der Waals surface area contributed by atoms with E-state index in [1.807, 2.05) is 0 Å². The van der Waals surface area contributed by atoms with Crippen LogP contribution in [0.15, 0.2) is 18.2 Å². The fourth-order valence-corrected chi connectivity index (χ4v) is 1.17. The molecule has 4 heteroatoms. The Balaban J connectivity index is 3.09. The molecule has 11 heavy (non-hydrogen) atoms. The van der Waals surface area contributed by atoms with Crippen LogP contribution in [0, 0.1) is 0 Å². The summed E-state index contributed by atoms with van der Waals surface area (Å²) in [5, 5.41) is 0.368. The summed E-state index contributed by atoms with van der Waals surface area (Å²) >= 11 is 11.0. The van der Waals surface area contributed by atoms with Crippen molar-refractivity contribution in [3.8, 4) is 0 Å². The Bertz CT molecular complexity index is 261. The van der Waals surface area contributed by atoms with Crippen LogP contribution in [-0.2, 0) is 0 Å². The van der Waals surface area contributed by atoms with Gasteiger partial charge in [0.25, 0.3) is 6.43 Å². The highest BCUT2D eigenvalue weighted by Crippen LogP contribution is 2.28. The van der Waals surface area contributed by atoms with Crippen LogP contribution in [-0.4, -0.2) is 0 Å². The Labute approximate surface area is 72.7 Å². The average Bonchev–Trinajstić information content (AvgIpc) is 1.85. The van der Waals surface area contributed by atoms with E-state index >= 15 is 0 Å². The summed E-state index contributed by atoms with van der Waals surface area (Å²) in [5.74, 6) is 0. The molecular weight excluding hydrogens is 193 g/mol. The molecule has 0 saturated carbocycles. The van der Waals surface area contributed by atoms with Crippen molar-refractivity contribution in [2.75, 3.05) is 0 Å². The first-order valence-corrected chi connectivity index (χ1v) is 3.60.